The summed E-state index contributed by atoms with van der Waals surface area (Å²) in [6.45, 7) is 6.73. The van der Waals surface area contributed by atoms with Crippen molar-refractivity contribution in [2.24, 2.45) is 0 Å². The van der Waals surface area contributed by atoms with Gasteiger partial charge in [0.15, 0.2) is 0 Å². The number of hydrogen-bond donors (Lipinski definition) is 2. The van der Waals surface area contributed by atoms with Crippen molar-refractivity contribution in [2.45, 2.75) is 63.9 Å². The second kappa shape index (κ2) is 20.8. The summed E-state index contributed by atoms with van der Waals surface area (Å²) in [5, 5.41) is 18.0. The van der Waals surface area contributed by atoms with E-state index >= 15 is 0 Å². The third kappa shape index (κ3) is 93.6. The fourth-order valence-electron chi connectivity index (χ4n) is 0.729. The van der Waals surface area contributed by atoms with Gasteiger partial charge in [0.2, 0.25) is 0 Å². The Kier molecular flexibility index (Phi) is 26.6. The third-order valence-electron chi connectivity index (χ3n) is 1.41. The molecule has 0 rings (SSSR count). The number of rotatable bonds is 6. The van der Waals surface area contributed by atoms with Gasteiger partial charge in [0, 0.05) is 13.8 Å². The molecule has 4 nitrogen and oxygen atoms in total. The third-order valence-corrected chi connectivity index (χ3v) is 4.38. The molecule has 0 aromatic carbocycles. The fourth-order valence-corrected chi connectivity index (χ4v) is 3.79. The Hall–Kier alpha value is -0.517. The zero-order valence-corrected chi connectivity index (χ0v) is 13.6. The first-order valence-electron chi connectivity index (χ1n) is 5.98. The normalized spacial score (nSPS) is 8.24. The summed E-state index contributed by atoms with van der Waals surface area (Å²) in [5.41, 5.74) is 0. The van der Waals surface area contributed by atoms with Crippen LogP contribution in [0.4, 0.5) is 0 Å². The molecule has 0 spiro atoms. The molecule has 5 heteroatoms. The molecule has 0 amide bonds. The van der Waals surface area contributed by atoms with Gasteiger partial charge in [-0.15, -0.1) is 0 Å². The van der Waals surface area contributed by atoms with Crippen molar-refractivity contribution >= 4 is 27.4 Å². The van der Waals surface area contributed by atoms with Crippen LogP contribution < -0.4 is 0 Å². The molecule has 2 N–H and O–H groups in total. The van der Waals surface area contributed by atoms with Crippen LogP contribution in [-0.2, 0) is 9.59 Å². The summed E-state index contributed by atoms with van der Waals surface area (Å²) >= 11 is 0.496. The zero-order chi connectivity index (χ0) is 14.1. The van der Waals surface area contributed by atoms with Gasteiger partial charge in [-0.3, -0.25) is 9.59 Å². The molecule has 0 bridgehead atoms. The van der Waals surface area contributed by atoms with E-state index in [9.17, 15) is 0 Å². The Bertz CT molecular complexity index is 146. The first-order valence-corrected chi connectivity index (χ1v) is 8.94. The van der Waals surface area contributed by atoms with E-state index in [1.165, 1.54) is 25.7 Å². The van der Waals surface area contributed by atoms with Gasteiger partial charge in [-0.1, -0.05) is 0 Å². The van der Waals surface area contributed by atoms with E-state index in [0.29, 0.717) is 15.4 Å². The molecule has 0 aromatic heterocycles. The van der Waals surface area contributed by atoms with E-state index < -0.39 is 11.9 Å². The molecular formula is C12H26GeO4. The first kappa shape index (κ1) is 21.7. The van der Waals surface area contributed by atoms with Crippen molar-refractivity contribution in [3.8, 4) is 0 Å². The molecule has 0 fully saturated rings. The zero-order valence-electron chi connectivity index (χ0n) is 11.5. The van der Waals surface area contributed by atoms with Crippen LogP contribution in [0.1, 0.15) is 53.4 Å². The summed E-state index contributed by atoms with van der Waals surface area (Å²) in [6.07, 6.45) is 5.78. The Morgan fingerprint density at radius 3 is 1.29 bits per heavy atom. The predicted molar refractivity (Wildman–Crippen MR) is 71.8 cm³/mol. The Labute approximate surface area is 111 Å². The van der Waals surface area contributed by atoms with Crippen LogP contribution in [0.15, 0.2) is 0 Å². The van der Waals surface area contributed by atoms with Gasteiger partial charge in [0.25, 0.3) is 11.9 Å². The molecule has 0 atom stereocenters. The van der Waals surface area contributed by atoms with Crippen molar-refractivity contribution in [3.05, 3.63) is 0 Å². The molecule has 2 radical (unpaired) electrons. The molecule has 0 heterocycles. The van der Waals surface area contributed by atoms with Crippen LogP contribution in [0.3, 0.4) is 0 Å². The average molecular weight is 307 g/mol. The number of aliphatic carboxylic acids is 2. The van der Waals surface area contributed by atoms with E-state index in [2.05, 4.69) is 13.8 Å². The van der Waals surface area contributed by atoms with E-state index in [1.54, 1.807) is 10.5 Å². The van der Waals surface area contributed by atoms with E-state index in [4.69, 9.17) is 19.8 Å². The molecule has 0 aliphatic heterocycles. The summed E-state index contributed by atoms with van der Waals surface area (Å²) in [6, 6.07) is 0. The van der Waals surface area contributed by atoms with Crippen LogP contribution in [-0.4, -0.2) is 37.6 Å². The quantitative estimate of drug-likeness (QED) is 0.583. The van der Waals surface area contributed by atoms with Gasteiger partial charge in [0.05, 0.1) is 0 Å². The van der Waals surface area contributed by atoms with Gasteiger partial charge in [0.1, 0.15) is 0 Å². The second-order valence-corrected chi connectivity index (χ2v) is 6.64. The molecule has 0 aromatic rings. The molecule has 102 valence electrons. The Balaban J connectivity index is -0.000000205. The van der Waals surface area contributed by atoms with E-state index in [-0.39, 0.29) is 0 Å². The monoisotopic (exact) mass is 308 g/mol. The molecule has 0 unspecified atom stereocenters. The van der Waals surface area contributed by atoms with Crippen LogP contribution in [0, 0.1) is 0 Å². The van der Waals surface area contributed by atoms with Crippen LogP contribution in [0.5, 0.6) is 0 Å². The number of carbonyl (C=O) groups is 2. The van der Waals surface area contributed by atoms with Crippen LogP contribution in [0.2, 0.25) is 10.5 Å². The summed E-state index contributed by atoms with van der Waals surface area (Å²) in [5.74, 6) is -1.67. The Morgan fingerprint density at radius 1 is 0.882 bits per heavy atom. The summed E-state index contributed by atoms with van der Waals surface area (Å²) in [4.78, 5) is 18.0. The number of unbranched alkanes of at least 4 members (excludes halogenated alkanes) is 2. The molecule has 0 saturated carbocycles. The van der Waals surface area contributed by atoms with Crippen molar-refractivity contribution in [2.75, 3.05) is 0 Å². The molecule has 0 aliphatic carbocycles. The maximum atomic E-state index is 9.00. The van der Waals surface area contributed by atoms with Gasteiger partial charge in [-0.05, 0) is 0 Å². The number of carboxylic acids is 2. The van der Waals surface area contributed by atoms with Crippen LogP contribution >= 0.6 is 0 Å². The standard InChI is InChI=1S/C8H18Ge.2C2H4O2/c1-3-5-7-9-8-6-4-2;2*1-2(3)4/h3-8H2,1-2H3;2*1H3,(H,3,4). The number of hydrogen-bond acceptors (Lipinski definition) is 2. The fraction of sp³-hybridized carbons (Fsp3) is 0.833. The van der Waals surface area contributed by atoms with Crippen molar-refractivity contribution in [1.29, 1.82) is 0 Å². The summed E-state index contributed by atoms with van der Waals surface area (Å²) < 4.78 is 0. The molecule has 0 aliphatic rings. The predicted octanol–water partition coefficient (Wildman–Crippen LogP) is 3.31. The van der Waals surface area contributed by atoms with Gasteiger partial charge in [-0.25, -0.2) is 0 Å². The minimum atomic E-state index is -0.833. The van der Waals surface area contributed by atoms with Crippen LogP contribution in [0.25, 0.3) is 0 Å². The minimum absolute atomic E-state index is 0.496. The average Bonchev–Trinajstić information content (AvgIpc) is 2.16. The first-order chi connectivity index (χ1) is 7.88. The van der Waals surface area contributed by atoms with E-state index in [0.717, 1.165) is 13.8 Å². The van der Waals surface area contributed by atoms with E-state index in [1.807, 2.05) is 0 Å². The van der Waals surface area contributed by atoms with Crippen molar-refractivity contribution in [1.82, 2.24) is 0 Å². The van der Waals surface area contributed by atoms with Crippen molar-refractivity contribution in [3.63, 3.8) is 0 Å². The topological polar surface area (TPSA) is 74.6 Å². The maximum absolute atomic E-state index is 9.00. The second-order valence-electron chi connectivity index (χ2n) is 3.50. The van der Waals surface area contributed by atoms with Gasteiger partial charge in [-0.2, -0.15) is 0 Å². The SMILES string of the molecule is CC(=O)O.CC(=O)O.CCC[CH2][Ge][CH2]CCC. The van der Waals surface area contributed by atoms with Gasteiger partial charge < -0.3 is 10.2 Å². The molecule has 17 heavy (non-hydrogen) atoms. The molecule has 0 saturated heterocycles. The van der Waals surface area contributed by atoms with Gasteiger partial charge >= 0.3 is 65.5 Å². The summed E-state index contributed by atoms with van der Waals surface area (Å²) in [7, 11) is 0. The Morgan fingerprint density at radius 2 is 1.12 bits per heavy atom. The number of carboxylic acid groups (broad SMARTS) is 2. The van der Waals surface area contributed by atoms with Crippen molar-refractivity contribution < 1.29 is 19.8 Å². The molecular weight excluding hydrogens is 281 g/mol.